The van der Waals surface area contributed by atoms with Crippen molar-refractivity contribution in [3.63, 3.8) is 0 Å². The Morgan fingerprint density at radius 1 is 1.00 bits per heavy atom. The van der Waals surface area contributed by atoms with Crippen LogP contribution >= 0.6 is 0 Å². The van der Waals surface area contributed by atoms with E-state index in [2.05, 4.69) is 19.1 Å². The zero-order valence-corrected chi connectivity index (χ0v) is 11.3. The molecule has 3 heteroatoms. The van der Waals surface area contributed by atoms with E-state index in [0.29, 0.717) is 0 Å². The summed E-state index contributed by atoms with van der Waals surface area (Å²) >= 11 is 0. The average Bonchev–Trinajstić information content (AvgIpc) is 3.23. The lowest BCUT2D eigenvalue weighted by atomic mass is 10.0. The number of hydrogen-bond donors (Lipinski definition) is 2. The Hall–Kier alpha value is -2.13. The Morgan fingerprint density at radius 3 is 2.30 bits per heavy atom. The number of carbonyl (C=O) groups is 1. The molecule has 3 rings (SSSR count). The van der Waals surface area contributed by atoms with E-state index < -0.39 is 0 Å². The number of rotatable bonds is 3. The van der Waals surface area contributed by atoms with Crippen LogP contribution in [0.2, 0.25) is 0 Å². The van der Waals surface area contributed by atoms with Gasteiger partial charge in [-0.1, -0.05) is 54.6 Å². The van der Waals surface area contributed by atoms with Crippen LogP contribution in [0.3, 0.4) is 0 Å². The van der Waals surface area contributed by atoms with Crippen molar-refractivity contribution in [3.05, 3.63) is 71.3 Å². The van der Waals surface area contributed by atoms with Gasteiger partial charge in [0.25, 0.3) is 0 Å². The average molecular weight is 267 g/mol. The third kappa shape index (κ3) is 2.10. The first-order chi connectivity index (χ1) is 9.74. The second-order valence-electron chi connectivity index (χ2n) is 5.32. The zero-order chi connectivity index (χ0) is 14.1. The molecule has 102 valence electrons. The lowest BCUT2D eigenvalue weighted by Crippen LogP contribution is -2.21. The predicted octanol–water partition coefficient (Wildman–Crippen LogP) is 3.00. The zero-order valence-electron chi connectivity index (χ0n) is 11.3. The topological polar surface area (TPSA) is 49.3 Å². The van der Waals surface area contributed by atoms with Crippen LogP contribution in [0.1, 0.15) is 28.5 Å². The first-order valence-corrected chi connectivity index (χ1v) is 6.78. The first-order valence-electron chi connectivity index (χ1n) is 6.78. The summed E-state index contributed by atoms with van der Waals surface area (Å²) in [4.78, 5) is 11.9. The largest absolute Gasteiger partial charge is 0.289 e. The number of aryl methyl sites for hydroxylation is 1. The monoisotopic (exact) mass is 267 g/mol. The molecule has 2 aromatic carbocycles. The van der Waals surface area contributed by atoms with Gasteiger partial charge in [0.2, 0.25) is 5.91 Å². The van der Waals surface area contributed by atoms with E-state index >= 15 is 0 Å². The molecule has 1 aliphatic carbocycles. The number of benzene rings is 2. The highest BCUT2D eigenvalue weighted by atomic mass is 16.5. The lowest BCUT2D eigenvalue weighted by molar-refractivity contribution is -0.130. The van der Waals surface area contributed by atoms with Gasteiger partial charge in [-0.2, -0.15) is 0 Å². The van der Waals surface area contributed by atoms with Crippen LogP contribution in [0.25, 0.3) is 0 Å². The van der Waals surface area contributed by atoms with E-state index in [-0.39, 0.29) is 23.7 Å². The van der Waals surface area contributed by atoms with Crippen LogP contribution in [0.5, 0.6) is 0 Å². The molecule has 3 nitrogen and oxygen atoms in total. The number of carbonyl (C=O) groups excluding carboxylic acids is 1. The van der Waals surface area contributed by atoms with Gasteiger partial charge in [0.1, 0.15) is 0 Å². The maximum absolute atomic E-state index is 11.9. The SMILES string of the molecule is Cc1ccccc1[C@H]1[C@H](C(=O)NO)[C@@H]1c1ccccc1. The van der Waals surface area contributed by atoms with Gasteiger partial charge in [-0.3, -0.25) is 10.0 Å². The molecule has 0 heterocycles. The minimum absolute atomic E-state index is 0.143. The first kappa shape index (κ1) is 12.9. The van der Waals surface area contributed by atoms with Gasteiger partial charge in [0, 0.05) is 11.8 Å². The molecule has 0 radical (unpaired) electrons. The molecular weight excluding hydrogens is 250 g/mol. The number of hydrogen-bond acceptors (Lipinski definition) is 2. The Labute approximate surface area is 118 Å². The van der Waals surface area contributed by atoms with Crippen LogP contribution < -0.4 is 5.48 Å². The van der Waals surface area contributed by atoms with Crippen LogP contribution in [-0.2, 0) is 4.79 Å². The second kappa shape index (κ2) is 5.10. The molecule has 0 saturated heterocycles. The summed E-state index contributed by atoms with van der Waals surface area (Å²) < 4.78 is 0. The van der Waals surface area contributed by atoms with Crippen LogP contribution in [-0.4, -0.2) is 11.1 Å². The van der Waals surface area contributed by atoms with Crippen molar-refractivity contribution >= 4 is 5.91 Å². The second-order valence-corrected chi connectivity index (χ2v) is 5.32. The van der Waals surface area contributed by atoms with Crippen molar-refractivity contribution < 1.29 is 10.0 Å². The van der Waals surface area contributed by atoms with Crippen molar-refractivity contribution in [1.29, 1.82) is 0 Å². The quantitative estimate of drug-likeness (QED) is 0.663. The van der Waals surface area contributed by atoms with E-state index in [1.807, 2.05) is 42.5 Å². The normalized spacial score (nSPS) is 24.2. The number of hydroxylamine groups is 1. The number of amides is 1. The molecule has 2 aromatic rings. The van der Waals surface area contributed by atoms with Gasteiger partial charge in [-0.15, -0.1) is 0 Å². The molecule has 1 amide bonds. The Kier molecular flexibility index (Phi) is 3.28. The molecule has 0 aromatic heterocycles. The molecule has 2 N–H and O–H groups in total. The summed E-state index contributed by atoms with van der Waals surface area (Å²) in [6.45, 7) is 2.06. The third-order valence-corrected chi connectivity index (χ3v) is 4.16. The molecule has 1 fully saturated rings. The van der Waals surface area contributed by atoms with E-state index in [4.69, 9.17) is 5.21 Å². The molecule has 0 unspecified atom stereocenters. The Morgan fingerprint density at radius 2 is 1.65 bits per heavy atom. The van der Waals surface area contributed by atoms with Gasteiger partial charge >= 0.3 is 0 Å². The maximum atomic E-state index is 11.9. The van der Waals surface area contributed by atoms with Crippen LogP contribution in [0, 0.1) is 12.8 Å². The van der Waals surface area contributed by atoms with Crippen molar-refractivity contribution in [2.75, 3.05) is 0 Å². The van der Waals surface area contributed by atoms with Gasteiger partial charge in [0.05, 0.1) is 5.92 Å². The van der Waals surface area contributed by atoms with E-state index in [0.717, 1.165) is 5.56 Å². The standard InChI is InChI=1S/C17H17NO2/c1-11-7-5-6-10-13(11)15-14(16(15)17(19)18-20)12-8-3-2-4-9-12/h2-10,14-16,20H,1H3,(H,18,19)/t14-,15-,16-/m1/s1. The summed E-state index contributed by atoms with van der Waals surface area (Å²) in [6, 6.07) is 18.1. The minimum Gasteiger partial charge on any atom is -0.289 e. The minimum atomic E-state index is -0.299. The molecule has 1 aliphatic rings. The Bertz CT molecular complexity index is 624. The fourth-order valence-electron chi connectivity index (χ4n) is 3.15. The van der Waals surface area contributed by atoms with Gasteiger partial charge < -0.3 is 0 Å². The highest BCUT2D eigenvalue weighted by Gasteiger charge is 2.56. The molecule has 0 bridgehead atoms. The van der Waals surface area contributed by atoms with Crippen molar-refractivity contribution in [1.82, 2.24) is 5.48 Å². The van der Waals surface area contributed by atoms with E-state index in [1.54, 1.807) is 5.48 Å². The van der Waals surface area contributed by atoms with E-state index in [9.17, 15) is 4.79 Å². The smallest absolute Gasteiger partial charge is 0.247 e. The molecule has 0 aliphatic heterocycles. The summed E-state index contributed by atoms with van der Waals surface area (Å²) in [7, 11) is 0. The fraction of sp³-hybridized carbons (Fsp3) is 0.235. The van der Waals surface area contributed by atoms with E-state index in [1.165, 1.54) is 11.1 Å². The highest BCUT2D eigenvalue weighted by molar-refractivity contribution is 5.84. The predicted molar refractivity (Wildman–Crippen MR) is 76.5 cm³/mol. The van der Waals surface area contributed by atoms with Gasteiger partial charge in [-0.25, -0.2) is 5.48 Å². The highest BCUT2D eigenvalue weighted by Crippen LogP contribution is 2.60. The van der Waals surface area contributed by atoms with Crippen molar-refractivity contribution in [2.24, 2.45) is 5.92 Å². The van der Waals surface area contributed by atoms with Crippen LogP contribution in [0.4, 0.5) is 0 Å². The molecule has 0 spiro atoms. The molecule has 1 saturated carbocycles. The van der Waals surface area contributed by atoms with Gasteiger partial charge in [-0.05, 0) is 23.6 Å². The fourth-order valence-corrected chi connectivity index (χ4v) is 3.15. The third-order valence-electron chi connectivity index (χ3n) is 4.16. The molecule has 3 atom stereocenters. The maximum Gasteiger partial charge on any atom is 0.247 e. The summed E-state index contributed by atoms with van der Waals surface area (Å²) in [5.41, 5.74) is 5.33. The molecular formula is C17H17NO2. The lowest BCUT2D eigenvalue weighted by Gasteiger charge is -2.04. The van der Waals surface area contributed by atoms with Crippen molar-refractivity contribution in [2.45, 2.75) is 18.8 Å². The number of nitrogens with one attached hydrogen (secondary N) is 1. The summed E-state index contributed by atoms with van der Waals surface area (Å²) in [6.07, 6.45) is 0. The Balaban J connectivity index is 1.97. The summed E-state index contributed by atoms with van der Waals surface area (Å²) in [5.74, 6) is -0.203. The van der Waals surface area contributed by atoms with Crippen LogP contribution in [0.15, 0.2) is 54.6 Å². The molecule has 20 heavy (non-hydrogen) atoms. The van der Waals surface area contributed by atoms with Crippen molar-refractivity contribution in [3.8, 4) is 0 Å². The van der Waals surface area contributed by atoms with Gasteiger partial charge in [0.15, 0.2) is 0 Å². The summed E-state index contributed by atoms with van der Waals surface area (Å²) in [5, 5.41) is 8.94.